The summed E-state index contributed by atoms with van der Waals surface area (Å²) < 4.78 is 34.1. The SMILES string of the molecule is COCOc1cc(-n2ccnc2)ccc1-c1nnc(O[C@H]2CC3CCCC([C@H]2F)N3B(C)O)s1. The molecule has 0 spiro atoms. The molecule has 2 bridgehead atoms. The summed E-state index contributed by atoms with van der Waals surface area (Å²) >= 11 is 1.25. The van der Waals surface area contributed by atoms with Gasteiger partial charge in [0.25, 0.3) is 5.19 Å². The van der Waals surface area contributed by atoms with Crippen molar-refractivity contribution in [2.45, 2.75) is 56.9 Å². The first kappa shape index (κ1) is 23.2. The number of alkyl halides is 1. The maximum atomic E-state index is 15.4. The Bertz CT molecular complexity index is 1100. The van der Waals surface area contributed by atoms with Gasteiger partial charge in [-0.2, -0.15) is 0 Å². The molecular weight excluding hydrogens is 460 g/mol. The van der Waals surface area contributed by atoms with Crippen LogP contribution in [0, 0.1) is 0 Å². The zero-order valence-electron chi connectivity index (χ0n) is 19.1. The van der Waals surface area contributed by atoms with Gasteiger partial charge in [-0.05, 0) is 31.8 Å². The van der Waals surface area contributed by atoms with Crippen LogP contribution in [0.25, 0.3) is 16.3 Å². The van der Waals surface area contributed by atoms with Crippen LogP contribution in [0.4, 0.5) is 4.39 Å². The molecule has 9 nitrogen and oxygen atoms in total. The number of hydrogen-bond acceptors (Lipinski definition) is 9. The first-order valence-electron chi connectivity index (χ1n) is 11.4. The number of imidazole rings is 1. The van der Waals surface area contributed by atoms with Crippen LogP contribution in [0.2, 0.25) is 6.82 Å². The normalized spacial score (nSPS) is 24.7. The number of rotatable bonds is 8. The van der Waals surface area contributed by atoms with Gasteiger partial charge in [-0.1, -0.05) is 22.9 Å². The molecule has 4 heterocycles. The van der Waals surface area contributed by atoms with E-state index in [1.807, 2.05) is 33.8 Å². The lowest BCUT2D eigenvalue weighted by atomic mass is 9.71. The number of nitrogens with zero attached hydrogens (tertiary/aromatic N) is 5. The number of hydrogen-bond donors (Lipinski definition) is 1. The Morgan fingerprint density at radius 2 is 2.18 bits per heavy atom. The molecule has 1 aromatic carbocycles. The Hall–Kier alpha value is -2.54. The summed E-state index contributed by atoms with van der Waals surface area (Å²) in [6, 6.07) is 5.47. The number of ether oxygens (including phenoxy) is 3. The Morgan fingerprint density at radius 1 is 1.29 bits per heavy atom. The van der Waals surface area contributed by atoms with Crippen molar-refractivity contribution in [1.82, 2.24) is 24.6 Å². The highest BCUT2D eigenvalue weighted by Gasteiger charge is 2.48. The number of aromatic nitrogens is 4. The van der Waals surface area contributed by atoms with E-state index in [0.29, 0.717) is 28.8 Å². The average molecular weight is 487 g/mol. The largest absolute Gasteiger partial charge is 0.467 e. The van der Waals surface area contributed by atoms with Gasteiger partial charge in [0.2, 0.25) is 0 Å². The molecule has 1 N–H and O–H groups in total. The van der Waals surface area contributed by atoms with E-state index in [4.69, 9.17) is 14.2 Å². The Morgan fingerprint density at radius 3 is 2.94 bits per heavy atom. The first-order valence-corrected chi connectivity index (χ1v) is 12.2. The second kappa shape index (κ2) is 9.99. The van der Waals surface area contributed by atoms with Gasteiger partial charge in [0, 0.05) is 44.1 Å². The van der Waals surface area contributed by atoms with Gasteiger partial charge in [0.15, 0.2) is 18.0 Å². The summed E-state index contributed by atoms with van der Waals surface area (Å²) in [7, 11) is 0.889. The Labute approximate surface area is 201 Å². The summed E-state index contributed by atoms with van der Waals surface area (Å²) in [6.07, 6.45) is 6.57. The molecular formula is C22H27BFN5O4S. The van der Waals surface area contributed by atoms with E-state index in [2.05, 4.69) is 15.2 Å². The minimum atomic E-state index is -1.20. The predicted molar refractivity (Wildman–Crippen MR) is 126 cm³/mol. The Balaban J connectivity index is 1.36. The fraction of sp³-hybridized carbons (Fsp3) is 0.500. The minimum absolute atomic E-state index is 0.0801. The van der Waals surface area contributed by atoms with E-state index in [9.17, 15) is 5.02 Å². The average Bonchev–Trinajstić information content (AvgIpc) is 3.53. The third-order valence-electron chi connectivity index (χ3n) is 6.49. The molecule has 0 aliphatic carbocycles. The second-order valence-electron chi connectivity index (χ2n) is 8.64. The molecule has 0 radical (unpaired) electrons. The highest BCUT2D eigenvalue weighted by Crippen LogP contribution is 2.40. The maximum absolute atomic E-state index is 15.4. The van der Waals surface area contributed by atoms with Crippen LogP contribution in [0.3, 0.4) is 0 Å². The van der Waals surface area contributed by atoms with E-state index in [1.165, 1.54) is 11.3 Å². The van der Waals surface area contributed by atoms with Crippen LogP contribution in [0.5, 0.6) is 10.9 Å². The van der Waals surface area contributed by atoms with Crippen molar-refractivity contribution in [3.63, 3.8) is 0 Å². The highest BCUT2D eigenvalue weighted by atomic mass is 32.1. The van der Waals surface area contributed by atoms with Gasteiger partial charge in [-0.15, -0.1) is 5.10 Å². The molecule has 2 aliphatic rings. The van der Waals surface area contributed by atoms with E-state index in [1.54, 1.807) is 26.5 Å². The van der Waals surface area contributed by atoms with Gasteiger partial charge in [-0.3, -0.25) is 0 Å². The summed E-state index contributed by atoms with van der Waals surface area (Å²) in [5, 5.41) is 19.5. The lowest BCUT2D eigenvalue weighted by molar-refractivity contribution is -0.0438. The number of benzene rings is 1. The van der Waals surface area contributed by atoms with E-state index in [0.717, 1.165) is 24.1 Å². The van der Waals surface area contributed by atoms with Crippen molar-refractivity contribution < 1.29 is 23.6 Å². The monoisotopic (exact) mass is 487 g/mol. The lowest BCUT2D eigenvalue weighted by Crippen LogP contribution is -2.64. The van der Waals surface area contributed by atoms with E-state index in [-0.39, 0.29) is 18.9 Å². The predicted octanol–water partition coefficient (Wildman–Crippen LogP) is 3.20. The summed E-state index contributed by atoms with van der Waals surface area (Å²) in [5.74, 6) is 0.582. The van der Waals surface area contributed by atoms with Crippen molar-refractivity contribution in [1.29, 1.82) is 0 Å². The van der Waals surface area contributed by atoms with Gasteiger partial charge >= 0.3 is 7.05 Å². The standard InChI is InChI=1S/C22H27BFN5O4S/c1-23(30)29-15-4-3-5-17(29)20(24)19(11-15)33-22-27-26-21(34-22)16-7-6-14(28-9-8-25-12-28)10-18(16)32-13-31-2/h6-10,12,15,17,19-20,30H,3-5,11,13H2,1-2H3/t15?,17?,19-,20+/m0/s1. The van der Waals surface area contributed by atoms with Crippen LogP contribution in [-0.2, 0) is 4.74 Å². The quantitative estimate of drug-likeness (QED) is 0.383. The fourth-order valence-electron chi connectivity index (χ4n) is 5.03. The summed E-state index contributed by atoms with van der Waals surface area (Å²) in [4.78, 5) is 5.99. The molecule has 180 valence electrons. The molecule has 12 heteroatoms. The Kier molecular flexibility index (Phi) is 6.82. The molecule has 2 fully saturated rings. The van der Waals surface area contributed by atoms with Gasteiger partial charge in [0.05, 0.1) is 17.6 Å². The van der Waals surface area contributed by atoms with Crippen molar-refractivity contribution >= 4 is 18.4 Å². The summed E-state index contributed by atoms with van der Waals surface area (Å²) in [6.45, 7) is 1.79. The van der Waals surface area contributed by atoms with E-state index < -0.39 is 19.3 Å². The number of methoxy groups -OCH3 is 1. The highest BCUT2D eigenvalue weighted by molar-refractivity contribution is 7.16. The van der Waals surface area contributed by atoms with Crippen LogP contribution in [-0.4, -0.2) is 74.9 Å². The molecule has 3 aromatic rings. The van der Waals surface area contributed by atoms with Crippen LogP contribution >= 0.6 is 11.3 Å². The third-order valence-corrected chi connectivity index (χ3v) is 7.34. The molecule has 34 heavy (non-hydrogen) atoms. The van der Waals surface area contributed by atoms with Gasteiger partial charge in [-0.25, -0.2) is 9.37 Å². The number of piperidine rings is 2. The molecule has 0 amide bonds. The van der Waals surface area contributed by atoms with Crippen LogP contribution < -0.4 is 9.47 Å². The zero-order valence-corrected chi connectivity index (χ0v) is 19.9. The van der Waals surface area contributed by atoms with E-state index >= 15 is 4.39 Å². The molecule has 2 aliphatic heterocycles. The lowest BCUT2D eigenvalue weighted by Gasteiger charge is -2.50. The van der Waals surface area contributed by atoms with Gasteiger partial charge < -0.3 is 28.6 Å². The number of fused-ring (bicyclic) bond motifs is 2. The van der Waals surface area contributed by atoms with Crippen molar-refractivity contribution in [2.75, 3.05) is 13.9 Å². The van der Waals surface area contributed by atoms with Gasteiger partial charge in [0.1, 0.15) is 11.9 Å². The molecule has 2 unspecified atom stereocenters. The fourth-order valence-corrected chi connectivity index (χ4v) is 5.81. The topological polar surface area (TPSA) is 94.8 Å². The second-order valence-corrected chi connectivity index (χ2v) is 9.58. The van der Waals surface area contributed by atoms with Crippen LogP contribution in [0.1, 0.15) is 25.7 Å². The van der Waals surface area contributed by atoms with Crippen molar-refractivity contribution in [2.24, 2.45) is 0 Å². The zero-order chi connectivity index (χ0) is 23.7. The molecule has 5 rings (SSSR count). The number of halogens is 1. The molecule has 2 aromatic heterocycles. The molecule has 0 saturated carbocycles. The summed E-state index contributed by atoms with van der Waals surface area (Å²) in [5.41, 5.74) is 1.62. The minimum Gasteiger partial charge on any atom is -0.467 e. The smallest absolute Gasteiger partial charge is 0.376 e. The van der Waals surface area contributed by atoms with Crippen molar-refractivity contribution in [3.05, 3.63) is 36.9 Å². The van der Waals surface area contributed by atoms with Crippen molar-refractivity contribution in [3.8, 4) is 27.2 Å². The molecule has 2 saturated heterocycles. The maximum Gasteiger partial charge on any atom is 0.376 e. The third kappa shape index (κ3) is 4.55. The molecule has 4 atom stereocenters. The van der Waals surface area contributed by atoms with Crippen LogP contribution in [0.15, 0.2) is 36.9 Å². The first-order chi connectivity index (χ1) is 16.5.